The van der Waals surface area contributed by atoms with Gasteiger partial charge in [-0.1, -0.05) is 0 Å². The predicted octanol–water partition coefficient (Wildman–Crippen LogP) is 3.29. The van der Waals surface area contributed by atoms with Crippen LogP contribution in [0.25, 0.3) is 0 Å². The maximum atomic E-state index is 13.2. The van der Waals surface area contributed by atoms with E-state index in [4.69, 9.17) is 4.74 Å². The third-order valence-electron chi connectivity index (χ3n) is 6.58. The highest BCUT2D eigenvalue weighted by atomic mass is 19.4. The quantitative estimate of drug-likeness (QED) is 0.512. The number of hydrogen-bond donors (Lipinski definition) is 2. The summed E-state index contributed by atoms with van der Waals surface area (Å²) in [6.45, 7) is 2.98. The van der Waals surface area contributed by atoms with Gasteiger partial charge in [-0.2, -0.15) is 31.4 Å². The minimum absolute atomic E-state index is 0.0613. The van der Waals surface area contributed by atoms with Gasteiger partial charge in [0.1, 0.15) is 17.5 Å². The Labute approximate surface area is 213 Å². The first-order valence-corrected chi connectivity index (χ1v) is 12.0. The topological polar surface area (TPSA) is 103 Å². The Balaban J connectivity index is 1.27. The predicted molar refractivity (Wildman–Crippen MR) is 123 cm³/mol. The van der Waals surface area contributed by atoms with Gasteiger partial charge >= 0.3 is 12.4 Å². The number of halogens is 6. The Bertz CT molecular complexity index is 1180. The van der Waals surface area contributed by atoms with E-state index in [0.29, 0.717) is 44.7 Å². The Morgan fingerprint density at radius 3 is 2.37 bits per heavy atom. The minimum Gasteiger partial charge on any atom is -0.378 e. The van der Waals surface area contributed by atoms with Crippen molar-refractivity contribution in [3.05, 3.63) is 46.0 Å². The van der Waals surface area contributed by atoms with Crippen molar-refractivity contribution in [1.29, 1.82) is 0 Å². The summed E-state index contributed by atoms with van der Waals surface area (Å²) in [7, 11) is 0. The van der Waals surface area contributed by atoms with Crippen molar-refractivity contribution in [3.8, 4) is 0 Å². The molecular weight excluding hydrogens is 522 g/mol. The number of nitrogens with zero attached hydrogens (tertiary/aromatic N) is 4. The zero-order valence-corrected chi connectivity index (χ0v) is 20.3. The van der Waals surface area contributed by atoms with E-state index in [1.54, 1.807) is 16.9 Å². The molecule has 2 saturated heterocycles. The maximum Gasteiger partial charge on any atom is 0.423 e. The summed E-state index contributed by atoms with van der Waals surface area (Å²) in [4.78, 5) is 32.1. The molecule has 0 unspecified atom stereocenters. The Morgan fingerprint density at radius 2 is 1.76 bits per heavy atom. The first-order chi connectivity index (χ1) is 17.8. The van der Waals surface area contributed by atoms with Gasteiger partial charge in [-0.3, -0.25) is 9.59 Å². The van der Waals surface area contributed by atoms with Gasteiger partial charge in [0.05, 0.1) is 24.1 Å². The summed E-state index contributed by atoms with van der Waals surface area (Å²) in [5, 5.41) is 7.75. The van der Waals surface area contributed by atoms with Gasteiger partial charge in [0.15, 0.2) is 0 Å². The molecule has 15 heteroatoms. The van der Waals surface area contributed by atoms with Crippen LogP contribution in [0.2, 0.25) is 0 Å². The van der Waals surface area contributed by atoms with Crippen LogP contribution < -0.4 is 15.8 Å². The summed E-state index contributed by atoms with van der Waals surface area (Å²) in [5.41, 5.74) is -4.05. The van der Waals surface area contributed by atoms with Crippen LogP contribution in [-0.4, -0.2) is 70.4 Å². The molecule has 4 rings (SSSR count). The van der Waals surface area contributed by atoms with Crippen molar-refractivity contribution >= 4 is 17.4 Å². The lowest BCUT2D eigenvalue weighted by molar-refractivity contribution is -0.139. The molecule has 0 bridgehead atoms. The number of likely N-dealkylation sites (tertiary alicyclic amines) is 1. The smallest absolute Gasteiger partial charge is 0.378 e. The number of carbonyl (C=O) groups excluding carboxylic acids is 1. The average Bonchev–Trinajstić information content (AvgIpc) is 3.21. The number of anilines is 2. The zero-order valence-electron chi connectivity index (χ0n) is 20.3. The van der Waals surface area contributed by atoms with E-state index in [9.17, 15) is 35.9 Å². The molecule has 0 radical (unpaired) electrons. The minimum atomic E-state index is -4.88. The number of ether oxygens (including phenoxy) is 1. The van der Waals surface area contributed by atoms with Crippen molar-refractivity contribution in [1.82, 2.24) is 20.1 Å². The summed E-state index contributed by atoms with van der Waals surface area (Å²) in [6, 6.07) is 1.62. The lowest BCUT2D eigenvalue weighted by Crippen LogP contribution is -2.47. The number of H-pyrrole nitrogens is 1. The van der Waals surface area contributed by atoms with E-state index >= 15 is 0 Å². The highest BCUT2D eigenvalue weighted by Gasteiger charge is 2.39. The van der Waals surface area contributed by atoms with Gasteiger partial charge in [-0.15, -0.1) is 0 Å². The number of carbonyl (C=O) groups is 1. The third-order valence-corrected chi connectivity index (χ3v) is 6.58. The van der Waals surface area contributed by atoms with Crippen LogP contribution in [0.15, 0.2) is 29.3 Å². The molecule has 0 aliphatic carbocycles. The molecule has 0 spiro atoms. The number of aromatic amines is 1. The third kappa shape index (κ3) is 6.19. The fourth-order valence-corrected chi connectivity index (χ4v) is 4.70. The highest BCUT2D eigenvalue weighted by Crippen LogP contribution is 2.32. The monoisotopic (exact) mass is 548 g/mol. The van der Waals surface area contributed by atoms with Crippen LogP contribution in [0.1, 0.15) is 37.3 Å². The SMILES string of the molecule is C[C@@H](CO[C@@H]1CCN(C2CCN(c3ccc(C(F)(F)F)cn3)CC2)C1=O)Nc1cn[nH]c(=O)c1C(F)(F)F. The zero-order chi connectivity index (χ0) is 27.7. The molecule has 2 N–H and O–H groups in total. The Hall–Kier alpha value is -3.36. The van der Waals surface area contributed by atoms with Crippen LogP contribution >= 0.6 is 0 Å². The first-order valence-electron chi connectivity index (χ1n) is 12.0. The van der Waals surface area contributed by atoms with Crippen LogP contribution in [0.4, 0.5) is 37.8 Å². The molecule has 38 heavy (non-hydrogen) atoms. The Kier molecular flexibility index (Phi) is 7.85. The molecule has 9 nitrogen and oxygen atoms in total. The van der Waals surface area contributed by atoms with Crippen molar-refractivity contribution in [2.24, 2.45) is 0 Å². The van der Waals surface area contributed by atoms with Crippen molar-refractivity contribution in [3.63, 3.8) is 0 Å². The van der Waals surface area contributed by atoms with Crippen LogP contribution in [-0.2, 0) is 21.9 Å². The standard InChI is InChI=1S/C23H26F6N6O3/c1-13(32-16-11-31-33-20(36)19(16)23(27,28)29)12-38-17-6-9-35(21(17)37)15-4-7-34(8-5-15)18-3-2-14(10-30-18)22(24,25)26/h2-3,10-11,13,15,17H,4-9,12H2,1H3,(H2,32,33,36)/t13-,17+/m0/s1. The summed E-state index contributed by atoms with van der Waals surface area (Å²) < 4.78 is 83.7. The van der Waals surface area contributed by atoms with Crippen LogP contribution in [0.3, 0.4) is 0 Å². The molecule has 2 fully saturated rings. The van der Waals surface area contributed by atoms with Gasteiger partial charge in [0.2, 0.25) is 0 Å². The average molecular weight is 548 g/mol. The van der Waals surface area contributed by atoms with Crippen molar-refractivity contribution < 1.29 is 35.9 Å². The summed E-state index contributed by atoms with van der Waals surface area (Å²) in [5.74, 6) is 0.230. The molecule has 0 saturated carbocycles. The van der Waals surface area contributed by atoms with Gasteiger partial charge in [-0.25, -0.2) is 10.1 Å². The largest absolute Gasteiger partial charge is 0.423 e. The fraction of sp³-hybridized carbons (Fsp3) is 0.565. The molecule has 2 aromatic rings. The Morgan fingerprint density at radius 1 is 1.05 bits per heavy atom. The number of pyridine rings is 1. The van der Waals surface area contributed by atoms with Gasteiger partial charge < -0.3 is 19.9 Å². The van der Waals surface area contributed by atoms with Crippen molar-refractivity contribution in [2.45, 2.75) is 56.7 Å². The molecule has 1 amide bonds. The normalized spacial score (nSPS) is 20.2. The molecule has 2 atom stereocenters. The lowest BCUT2D eigenvalue weighted by atomic mass is 10.0. The first kappa shape index (κ1) is 27.7. The van der Waals surface area contributed by atoms with Crippen molar-refractivity contribution in [2.75, 3.05) is 36.5 Å². The van der Waals surface area contributed by atoms with E-state index in [1.165, 1.54) is 6.07 Å². The molecule has 4 heterocycles. The number of aromatic nitrogens is 3. The van der Waals surface area contributed by atoms with E-state index in [1.807, 2.05) is 4.90 Å². The van der Waals surface area contributed by atoms with E-state index in [2.05, 4.69) is 15.4 Å². The second-order valence-corrected chi connectivity index (χ2v) is 9.29. The summed E-state index contributed by atoms with van der Waals surface area (Å²) in [6.07, 6.45) is -6.76. The molecule has 2 aromatic heterocycles. The molecule has 2 aliphatic heterocycles. The molecule has 0 aromatic carbocycles. The second-order valence-electron chi connectivity index (χ2n) is 9.29. The molecule has 208 valence electrons. The van der Waals surface area contributed by atoms with Crippen LogP contribution in [0, 0.1) is 0 Å². The van der Waals surface area contributed by atoms with Crippen LogP contribution in [0.5, 0.6) is 0 Å². The van der Waals surface area contributed by atoms with Gasteiger partial charge in [0, 0.05) is 44.3 Å². The number of piperidine rings is 1. The number of rotatable bonds is 7. The molecular formula is C23H26F6N6O3. The second kappa shape index (κ2) is 10.8. The number of hydrogen-bond acceptors (Lipinski definition) is 7. The van der Waals surface area contributed by atoms with E-state index in [-0.39, 0.29) is 18.6 Å². The lowest BCUT2D eigenvalue weighted by Gasteiger charge is -2.37. The molecule has 2 aliphatic rings. The highest BCUT2D eigenvalue weighted by molar-refractivity contribution is 5.83. The van der Waals surface area contributed by atoms with E-state index < -0.39 is 46.9 Å². The maximum absolute atomic E-state index is 13.2. The van der Waals surface area contributed by atoms with Gasteiger partial charge in [-0.05, 0) is 31.9 Å². The van der Waals surface area contributed by atoms with E-state index in [0.717, 1.165) is 18.5 Å². The van der Waals surface area contributed by atoms with Gasteiger partial charge in [0.25, 0.3) is 11.5 Å². The number of amides is 1. The number of alkyl halides is 6. The summed E-state index contributed by atoms with van der Waals surface area (Å²) >= 11 is 0. The fourth-order valence-electron chi connectivity index (χ4n) is 4.70. The number of nitrogens with one attached hydrogen (secondary N) is 2.